The number of Topliss-reactive ketones (excluding diaryl/α,β-unsaturated/α-hetero) is 1. The smallest absolute Gasteiger partial charge is 0.130 e. The molecule has 0 radical (unpaired) electrons. The van der Waals surface area contributed by atoms with Gasteiger partial charge in [0.1, 0.15) is 11.4 Å². The third-order valence-corrected chi connectivity index (χ3v) is 6.34. The lowest BCUT2D eigenvalue weighted by Gasteiger charge is -2.37. The third kappa shape index (κ3) is 11.1. The number of hydrogen-bond donors (Lipinski definition) is 0. The zero-order valence-electron chi connectivity index (χ0n) is 18.8. The number of rotatable bonds is 13. The van der Waals surface area contributed by atoms with Crippen molar-refractivity contribution in [1.29, 1.82) is 0 Å². The molecule has 152 valence electrons. The van der Waals surface area contributed by atoms with Crippen molar-refractivity contribution >= 4 is 17.5 Å². The molecule has 0 rings (SSSR count). The Kier molecular flexibility index (Phi) is 9.23. The second-order valence-electron chi connectivity index (χ2n) is 10.5. The van der Waals surface area contributed by atoms with E-state index in [1.165, 1.54) is 0 Å². The molecule has 0 aromatic carbocycles. The van der Waals surface area contributed by atoms with Gasteiger partial charge in [0.05, 0.1) is 5.76 Å². The molecule has 3 heteroatoms. The SMILES string of the molecule is C=CC(C)(CC(C)=O)CC(C)(C)CSCC(C)(C)CC(C)(C)OC(=C)C. The maximum atomic E-state index is 11.6. The lowest BCUT2D eigenvalue weighted by Crippen LogP contribution is -2.33. The lowest BCUT2D eigenvalue weighted by molar-refractivity contribution is -0.118. The second kappa shape index (κ2) is 9.48. The van der Waals surface area contributed by atoms with Crippen LogP contribution in [0.2, 0.25) is 0 Å². The van der Waals surface area contributed by atoms with Crippen molar-refractivity contribution < 1.29 is 9.53 Å². The zero-order chi connectivity index (χ0) is 20.8. The third-order valence-electron chi connectivity index (χ3n) is 4.37. The summed E-state index contributed by atoms with van der Waals surface area (Å²) in [7, 11) is 0. The fourth-order valence-electron chi connectivity index (χ4n) is 4.23. The normalized spacial score (nSPS) is 15.3. The van der Waals surface area contributed by atoms with Gasteiger partial charge in [0.25, 0.3) is 0 Å². The van der Waals surface area contributed by atoms with Crippen molar-refractivity contribution in [1.82, 2.24) is 0 Å². The molecule has 0 aromatic heterocycles. The molecule has 26 heavy (non-hydrogen) atoms. The summed E-state index contributed by atoms with van der Waals surface area (Å²) in [5.41, 5.74) is 0.0146. The van der Waals surface area contributed by atoms with Crippen LogP contribution >= 0.6 is 11.8 Å². The Bertz CT molecular complexity index is 502. The number of hydrogen-bond acceptors (Lipinski definition) is 3. The van der Waals surface area contributed by atoms with E-state index in [-0.39, 0.29) is 27.6 Å². The van der Waals surface area contributed by atoms with Crippen LogP contribution in [0.3, 0.4) is 0 Å². The van der Waals surface area contributed by atoms with Gasteiger partial charge in [-0.05, 0) is 68.3 Å². The second-order valence-corrected chi connectivity index (χ2v) is 11.5. The van der Waals surface area contributed by atoms with Gasteiger partial charge in [-0.1, -0.05) is 47.3 Å². The highest BCUT2D eigenvalue weighted by atomic mass is 32.2. The van der Waals surface area contributed by atoms with Crippen molar-refractivity contribution in [3.8, 4) is 0 Å². The Morgan fingerprint density at radius 1 is 0.962 bits per heavy atom. The van der Waals surface area contributed by atoms with Gasteiger partial charge in [-0.15, -0.1) is 6.58 Å². The summed E-state index contributed by atoms with van der Waals surface area (Å²) in [6.45, 7) is 27.0. The van der Waals surface area contributed by atoms with Crippen LogP contribution in [0.5, 0.6) is 0 Å². The van der Waals surface area contributed by atoms with E-state index in [4.69, 9.17) is 4.74 Å². The maximum absolute atomic E-state index is 11.6. The summed E-state index contributed by atoms with van der Waals surface area (Å²) in [6, 6.07) is 0. The van der Waals surface area contributed by atoms with Crippen LogP contribution in [-0.4, -0.2) is 22.9 Å². The van der Waals surface area contributed by atoms with Gasteiger partial charge in [0.15, 0.2) is 0 Å². The molecule has 1 atom stereocenters. The van der Waals surface area contributed by atoms with Crippen molar-refractivity contribution in [2.45, 2.75) is 87.2 Å². The molecule has 2 nitrogen and oxygen atoms in total. The van der Waals surface area contributed by atoms with Gasteiger partial charge in [0, 0.05) is 6.42 Å². The van der Waals surface area contributed by atoms with E-state index in [1.54, 1.807) is 6.92 Å². The number of carbonyl (C=O) groups is 1. The van der Waals surface area contributed by atoms with E-state index in [0.29, 0.717) is 6.42 Å². The number of ether oxygens (including phenoxy) is 1. The summed E-state index contributed by atoms with van der Waals surface area (Å²) < 4.78 is 5.89. The Labute approximate surface area is 167 Å². The molecule has 0 bridgehead atoms. The quantitative estimate of drug-likeness (QED) is 0.252. The Hall–Kier alpha value is -0.700. The molecule has 0 amide bonds. The van der Waals surface area contributed by atoms with E-state index in [9.17, 15) is 4.79 Å². The average Bonchev–Trinajstić information content (AvgIpc) is 2.32. The monoisotopic (exact) mass is 382 g/mol. The van der Waals surface area contributed by atoms with Crippen LogP contribution in [-0.2, 0) is 9.53 Å². The van der Waals surface area contributed by atoms with Gasteiger partial charge in [-0.2, -0.15) is 11.8 Å². The Morgan fingerprint density at radius 3 is 1.81 bits per heavy atom. The number of thioether (sulfide) groups is 1. The topological polar surface area (TPSA) is 26.3 Å². The molecule has 0 saturated heterocycles. The molecule has 0 N–H and O–H groups in total. The molecule has 0 saturated carbocycles. The minimum atomic E-state index is -0.200. The van der Waals surface area contributed by atoms with Crippen molar-refractivity contribution in [3.63, 3.8) is 0 Å². The molecule has 0 aliphatic rings. The van der Waals surface area contributed by atoms with Crippen molar-refractivity contribution in [2.75, 3.05) is 11.5 Å². The van der Waals surface area contributed by atoms with E-state index in [0.717, 1.165) is 30.1 Å². The standard InChI is InChI=1S/C23H42O2S/c1-12-23(11,13-19(4)24)15-21(7,8)17-26-16-20(5,6)14-22(9,10)25-18(2)3/h12H,1-2,13-17H2,3-11H3. The van der Waals surface area contributed by atoms with Crippen LogP contribution in [0.1, 0.15) is 81.6 Å². The Morgan fingerprint density at radius 2 is 1.42 bits per heavy atom. The highest BCUT2D eigenvalue weighted by Crippen LogP contribution is 2.41. The molecular weight excluding hydrogens is 340 g/mol. The van der Waals surface area contributed by atoms with E-state index < -0.39 is 0 Å². The first-order valence-corrected chi connectivity index (χ1v) is 10.7. The zero-order valence-corrected chi connectivity index (χ0v) is 19.6. The minimum Gasteiger partial charge on any atom is -0.493 e. The molecule has 0 spiro atoms. The van der Waals surface area contributed by atoms with Gasteiger partial charge in [-0.25, -0.2) is 0 Å². The first-order valence-electron chi connectivity index (χ1n) is 9.57. The van der Waals surface area contributed by atoms with E-state index in [2.05, 4.69) is 61.6 Å². The number of allylic oxidation sites excluding steroid dienone is 2. The minimum absolute atomic E-state index is 0.122. The van der Waals surface area contributed by atoms with E-state index >= 15 is 0 Å². The van der Waals surface area contributed by atoms with Gasteiger partial charge < -0.3 is 4.74 Å². The molecule has 0 aliphatic heterocycles. The first-order chi connectivity index (χ1) is 11.5. The fraction of sp³-hybridized carbons (Fsp3) is 0.783. The highest BCUT2D eigenvalue weighted by Gasteiger charge is 2.33. The molecular formula is C23H42O2S. The fourth-order valence-corrected chi connectivity index (χ4v) is 5.65. The molecule has 0 heterocycles. The number of ketones is 1. The van der Waals surface area contributed by atoms with Crippen LogP contribution in [0.15, 0.2) is 25.0 Å². The summed E-state index contributed by atoms with van der Waals surface area (Å²) >= 11 is 2.00. The summed E-state index contributed by atoms with van der Waals surface area (Å²) in [5, 5.41) is 0. The van der Waals surface area contributed by atoms with Crippen molar-refractivity contribution in [3.05, 3.63) is 25.0 Å². The van der Waals surface area contributed by atoms with E-state index in [1.807, 2.05) is 24.8 Å². The van der Waals surface area contributed by atoms with Crippen LogP contribution in [0.25, 0.3) is 0 Å². The summed E-state index contributed by atoms with van der Waals surface area (Å²) in [5.74, 6) is 3.15. The van der Waals surface area contributed by atoms with Gasteiger partial charge in [0.2, 0.25) is 0 Å². The highest BCUT2D eigenvalue weighted by molar-refractivity contribution is 7.99. The van der Waals surface area contributed by atoms with Crippen LogP contribution in [0, 0.1) is 16.2 Å². The van der Waals surface area contributed by atoms with Crippen LogP contribution < -0.4 is 0 Å². The van der Waals surface area contributed by atoms with Gasteiger partial charge >= 0.3 is 0 Å². The molecule has 1 unspecified atom stereocenters. The predicted molar refractivity (Wildman–Crippen MR) is 118 cm³/mol. The average molecular weight is 383 g/mol. The molecule has 0 aliphatic carbocycles. The van der Waals surface area contributed by atoms with Crippen LogP contribution in [0.4, 0.5) is 0 Å². The number of carbonyl (C=O) groups excluding carboxylic acids is 1. The molecule has 0 fully saturated rings. The molecule has 0 aromatic rings. The predicted octanol–water partition coefficient (Wildman–Crippen LogP) is 7.05. The summed E-state index contributed by atoms with van der Waals surface area (Å²) in [6.07, 6.45) is 4.49. The maximum Gasteiger partial charge on any atom is 0.130 e. The Balaban J connectivity index is 4.69. The van der Waals surface area contributed by atoms with Crippen molar-refractivity contribution in [2.24, 2.45) is 16.2 Å². The summed E-state index contributed by atoms with van der Waals surface area (Å²) in [4.78, 5) is 11.6. The first kappa shape index (κ1) is 25.3. The largest absolute Gasteiger partial charge is 0.493 e. The van der Waals surface area contributed by atoms with Gasteiger partial charge in [-0.3, -0.25) is 4.79 Å². The lowest BCUT2D eigenvalue weighted by atomic mass is 9.72.